The number of likely N-dealkylation sites (N-methyl/N-ethyl adjacent to an activating group) is 1. The molecule has 3 atom stereocenters. The third-order valence-corrected chi connectivity index (χ3v) is 8.08. The summed E-state index contributed by atoms with van der Waals surface area (Å²) in [5.74, 6) is 0.889. The molecule has 0 aromatic heterocycles. The summed E-state index contributed by atoms with van der Waals surface area (Å²) in [4.78, 5) is 24.3. The Morgan fingerprint density at radius 2 is 1.26 bits per heavy atom. The van der Waals surface area contributed by atoms with E-state index in [-0.39, 0.29) is 102 Å². The summed E-state index contributed by atoms with van der Waals surface area (Å²) in [6.07, 6.45) is 14.0. The van der Waals surface area contributed by atoms with Crippen molar-refractivity contribution >= 4 is 13.8 Å². The van der Waals surface area contributed by atoms with Crippen LogP contribution in [0.15, 0.2) is 0 Å². The maximum atomic E-state index is 12.6. The van der Waals surface area contributed by atoms with Gasteiger partial charge in [0.2, 0.25) is 0 Å². The van der Waals surface area contributed by atoms with Crippen molar-refractivity contribution in [3.63, 3.8) is 0 Å². The van der Waals surface area contributed by atoms with Gasteiger partial charge in [-0.25, -0.2) is 0 Å². The Hall–Kier alpha value is 0.0595. The average Bonchev–Trinajstić information content (AvgIpc) is 3.46. The van der Waals surface area contributed by atoms with Crippen molar-refractivity contribution in [2.45, 2.75) is 136 Å². The smallest absolute Gasteiger partial charge is 0.756 e. The van der Waals surface area contributed by atoms with Gasteiger partial charge in [-0.15, -0.1) is 0 Å². The van der Waals surface area contributed by atoms with Crippen LogP contribution in [0.1, 0.15) is 136 Å². The summed E-state index contributed by atoms with van der Waals surface area (Å²) in [5.41, 5.74) is -0.551. The molecule has 2 aliphatic rings. The van der Waals surface area contributed by atoms with E-state index in [4.69, 9.17) is 13.8 Å². The molecule has 0 spiro atoms. The third-order valence-electron chi connectivity index (χ3n) is 7.08. The second kappa shape index (κ2) is 32.5. The van der Waals surface area contributed by atoms with Crippen molar-refractivity contribution in [2.75, 3.05) is 47.5 Å². The van der Waals surface area contributed by atoms with Crippen LogP contribution in [0.25, 0.3) is 0 Å². The van der Waals surface area contributed by atoms with Crippen molar-refractivity contribution in [2.24, 2.45) is 17.3 Å². The van der Waals surface area contributed by atoms with Crippen LogP contribution in [0.5, 0.6) is 0 Å². The number of hydrogen-bond donors (Lipinski definition) is 0. The molecule has 2 fully saturated rings. The number of rotatable bonds is 13. The Morgan fingerprint density at radius 1 is 0.857 bits per heavy atom. The number of carbonyl (C=O) groups is 1. The van der Waals surface area contributed by atoms with Gasteiger partial charge in [0.1, 0.15) is 19.8 Å². The van der Waals surface area contributed by atoms with Gasteiger partial charge in [-0.05, 0) is 31.6 Å². The zero-order valence-corrected chi connectivity index (χ0v) is 26.5. The molecule has 42 heavy (non-hydrogen) atoms. The second-order valence-corrected chi connectivity index (χ2v) is 12.6. The summed E-state index contributed by atoms with van der Waals surface area (Å²) in [6, 6.07) is 0. The minimum atomic E-state index is -4.37. The molecule has 266 valence electrons. The van der Waals surface area contributed by atoms with E-state index < -0.39 is 13.2 Å². The van der Waals surface area contributed by atoms with Crippen molar-refractivity contribution in [1.82, 2.24) is 0 Å². The van der Waals surface area contributed by atoms with E-state index in [1.165, 1.54) is 57.8 Å². The molecular weight excluding hydrogens is 593 g/mol. The number of nitrogens with zero attached hydrogens (tertiary/aromatic N) is 1. The van der Waals surface area contributed by atoms with Crippen LogP contribution >= 0.6 is 7.82 Å². The molecule has 2 aliphatic carbocycles. The normalized spacial score (nSPS) is 16.9. The Balaban J connectivity index is -0.000000101. The SMILES string of the molecule is C.C.C.C.C.C.C1CCCC1.CCC(C)(CC(C)C1CCCC1)C(=O)OCCOP(=O)([O-])OCC[N+](C)(C)C.[CH3-].[CH3-].[Fe+2]. The van der Waals surface area contributed by atoms with Gasteiger partial charge in [0.25, 0.3) is 7.82 Å². The van der Waals surface area contributed by atoms with E-state index in [0.717, 1.165) is 6.42 Å². The van der Waals surface area contributed by atoms with Gasteiger partial charge >= 0.3 is 23.0 Å². The molecule has 0 aromatic carbocycles. The molecule has 0 heterocycles. The van der Waals surface area contributed by atoms with E-state index in [1.54, 1.807) is 0 Å². The van der Waals surface area contributed by atoms with Crippen molar-refractivity contribution in [3.05, 3.63) is 14.9 Å². The molecule has 9 heteroatoms. The van der Waals surface area contributed by atoms with Gasteiger partial charge < -0.3 is 38.0 Å². The molecule has 0 aliphatic heterocycles. The Kier molecular flexibility index (Phi) is 50.1. The number of ether oxygens (including phenoxy) is 1. The van der Waals surface area contributed by atoms with Crippen LogP contribution in [0.3, 0.4) is 0 Å². The molecule has 3 unspecified atom stereocenters. The average molecular weight is 674 g/mol. The van der Waals surface area contributed by atoms with E-state index in [0.29, 0.717) is 29.3 Å². The van der Waals surface area contributed by atoms with E-state index in [9.17, 15) is 14.3 Å². The molecule has 0 bridgehead atoms. The first-order valence-electron chi connectivity index (χ1n) is 13.0. The van der Waals surface area contributed by atoms with E-state index in [1.807, 2.05) is 35.0 Å². The van der Waals surface area contributed by atoms with E-state index >= 15 is 0 Å². The van der Waals surface area contributed by atoms with Crippen LogP contribution in [-0.4, -0.2) is 58.0 Å². The number of phosphoric acid groups is 1. The van der Waals surface area contributed by atoms with Crippen molar-refractivity contribution < 1.29 is 49.6 Å². The van der Waals surface area contributed by atoms with Crippen LogP contribution in [0, 0.1) is 32.1 Å². The fraction of sp³-hybridized carbons (Fsp3) is 0.909. The Morgan fingerprint density at radius 3 is 1.64 bits per heavy atom. The van der Waals surface area contributed by atoms with Crippen LogP contribution in [0.4, 0.5) is 0 Å². The van der Waals surface area contributed by atoms with Gasteiger partial charge in [0, 0.05) is 0 Å². The predicted octanol–water partition coefficient (Wildman–Crippen LogP) is 10.0. The minimum absolute atomic E-state index is 0. The van der Waals surface area contributed by atoms with E-state index in [2.05, 4.69) is 6.92 Å². The second-order valence-electron chi connectivity index (χ2n) is 11.2. The number of carbonyl (C=O) groups excluding carboxylic acids is 1. The third kappa shape index (κ3) is 28.8. The van der Waals surface area contributed by atoms with Gasteiger partial charge in [-0.3, -0.25) is 9.36 Å². The maximum absolute atomic E-state index is 12.6. The predicted molar refractivity (Wildman–Crippen MR) is 184 cm³/mol. The quantitative estimate of drug-likeness (QED) is 0.0483. The molecule has 0 saturated heterocycles. The van der Waals surface area contributed by atoms with Gasteiger partial charge in [-0.1, -0.05) is 116 Å². The Labute approximate surface area is 278 Å². The fourth-order valence-corrected chi connectivity index (χ4v) is 5.26. The molecular formula is C33H80FeNO6P. The minimum Gasteiger partial charge on any atom is -0.756 e. The Bertz CT molecular complexity index is 600. The fourth-order valence-electron chi connectivity index (χ4n) is 4.58. The first kappa shape index (κ1) is 64.9. The maximum Gasteiger partial charge on any atom is 2.00 e. The van der Waals surface area contributed by atoms with Crippen molar-refractivity contribution in [3.8, 4) is 0 Å². The zero-order chi connectivity index (χ0) is 25.0. The molecule has 2 rings (SSSR count). The number of phosphoric ester groups is 1. The topological polar surface area (TPSA) is 84.9 Å². The van der Waals surface area contributed by atoms with Crippen LogP contribution < -0.4 is 4.89 Å². The largest absolute Gasteiger partial charge is 2.00 e. The van der Waals surface area contributed by atoms with Gasteiger partial charge in [-0.2, -0.15) is 0 Å². The number of quaternary nitrogens is 1. The standard InChI is InChI=1S/C20H40NO6P.C5H10.6CH4.2CH3.Fe/c1-7-20(3,16-17(2)18-10-8-9-11-18)19(22)25-14-15-27-28(23,24)26-13-12-21(4,5)6;1-2-4-5-3-1;;;;;;;;;/h17-18H,7-16H2,1-6H3;1-5H2;6*1H4;2*1H3;/q;;;;;;;;2*-1;+2. The summed E-state index contributed by atoms with van der Waals surface area (Å²) in [5, 5.41) is 0. The summed E-state index contributed by atoms with van der Waals surface area (Å²) in [6.45, 7) is 6.42. The van der Waals surface area contributed by atoms with Crippen LogP contribution in [0.2, 0.25) is 0 Å². The molecule has 0 amide bonds. The zero-order valence-electron chi connectivity index (χ0n) is 24.5. The van der Waals surface area contributed by atoms with Gasteiger partial charge in [0.15, 0.2) is 0 Å². The summed E-state index contributed by atoms with van der Waals surface area (Å²) >= 11 is 0. The molecule has 0 N–H and O–H groups in total. The summed E-state index contributed by atoms with van der Waals surface area (Å²) < 4.78 is 27.3. The van der Waals surface area contributed by atoms with Gasteiger partial charge in [0.05, 0.1) is 33.2 Å². The molecule has 2 saturated carbocycles. The first-order chi connectivity index (χ1) is 15.4. The van der Waals surface area contributed by atoms with Crippen molar-refractivity contribution in [1.29, 1.82) is 0 Å². The van der Waals surface area contributed by atoms with Crippen LogP contribution in [-0.2, 0) is 40.2 Å². The summed E-state index contributed by atoms with van der Waals surface area (Å²) in [7, 11) is 1.45. The first-order valence-corrected chi connectivity index (χ1v) is 14.4. The molecule has 0 radical (unpaired) electrons. The number of esters is 1. The number of hydrogen-bond acceptors (Lipinski definition) is 6. The molecule has 0 aromatic rings. The molecule has 7 nitrogen and oxygen atoms in total. The monoisotopic (exact) mass is 674 g/mol.